The van der Waals surface area contributed by atoms with Crippen LogP contribution in [-0.2, 0) is 4.79 Å². The lowest BCUT2D eigenvalue weighted by Crippen LogP contribution is -2.44. The van der Waals surface area contributed by atoms with E-state index in [0.717, 1.165) is 6.54 Å². The van der Waals surface area contributed by atoms with E-state index in [-0.39, 0.29) is 12.5 Å². The summed E-state index contributed by atoms with van der Waals surface area (Å²) in [6.45, 7) is 10.5. The highest BCUT2D eigenvalue weighted by molar-refractivity contribution is 5.73. The molecule has 0 heterocycles. The van der Waals surface area contributed by atoms with Crippen molar-refractivity contribution in [1.82, 2.24) is 15.5 Å². The van der Waals surface area contributed by atoms with Crippen molar-refractivity contribution in [2.45, 2.75) is 59.0 Å². The molecule has 0 rings (SSSR count). The number of rotatable bonds is 10. The monoisotopic (exact) mass is 287 g/mol. The van der Waals surface area contributed by atoms with Gasteiger partial charge in [0, 0.05) is 38.1 Å². The van der Waals surface area contributed by atoms with Crippen LogP contribution in [-0.4, -0.2) is 53.7 Å². The molecule has 0 aromatic heterocycles. The summed E-state index contributed by atoms with van der Waals surface area (Å²) < 4.78 is 0. The van der Waals surface area contributed by atoms with E-state index in [1.807, 2.05) is 0 Å². The summed E-state index contributed by atoms with van der Waals surface area (Å²) in [4.78, 5) is 24.1. The first-order valence-corrected chi connectivity index (χ1v) is 7.33. The molecule has 0 aliphatic heterocycles. The van der Waals surface area contributed by atoms with Gasteiger partial charge in [-0.1, -0.05) is 0 Å². The van der Waals surface area contributed by atoms with Crippen LogP contribution in [0.25, 0.3) is 0 Å². The summed E-state index contributed by atoms with van der Waals surface area (Å²) in [6.07, 6.45) is 1.43. The Hall–Kier alpha value is -1.30. The number of carbonyl (C=O) groups excluding carboxylic acids is 1. The van der Waals surface area contributed by atoms with Crippen LogP contribution in [0.5, 0.6) is 0 Å². The van der Waals surface area contributed by atoms with Gasteiger partial charge in [-0.05, 0) is 40.5 Å². The number of unbranched alkanes of at least 4 members (excludes halogenated alkanes) is 1. The smallest absolute Gasteiger partial charge is 0.314 e. The third-order valence-electron chi connectivity index (χ3n) is 3.09. The number of carbonyl (C=O) groups is 2. The largest absolute Gasteiger partial charge is 0.481 e. The molecule has 0 atom stereocenters. The van der Waals surface area contributed by atoms with E-state index in [1.165, 1.54) is 0 Å². The lowest BCUT2D eigenvalue weighted by Gasteiger charge is -2.30. The first-order chi connectivity index (χ1) is 9.34. The zero-order chi connectivity index (χ0) is 15.5. The zero-order valence-electron chi connectivity index (χ0n) is 13.1. The number of carboxylic acid groups (broad SMARTS) is 1. The van der Waals surface area contributed by atoms with Crippen molar-refractivity contribution in [3.05, 3.63) is 0 Å². The van der Waals surface area contributed by atoms with Gasteiger partial charge in [-0.3, -0.25) is 9.69 Å². The van der Waals surface area contributed by atoms with Gasteiger partial charge >= 0.3 is 12.0 Å². The van der Waals surface area contributed by atoms with Crippen LogP contribution < -0.4 is 10.6 Å². The second kappa shape index (κ2) is 10.5. The van der Waals surface area contributed by atoms with Gasteiger partial charge in [0.2, 0.25) is 0 Å². The maximum absolute atomic E-state index is 11.5. The molecule has 0 aliphatic carbocycles. The van der Waals surface area contributed by atoms with E-state index in [4.69, 9.17) is 5.11 Å². The zero-order valence-corrected chi connectivity index (χ0v) is 13.1. The molecule has 0 radical (unpaired) electrons. The van der Waals surface area contributed by atoms with Crippen LogP contribution in [0.1, 0.15) is 47.0 Å². The first kappa shape index (κ1) is 18.7. The minimum Gasteiger partial charge on any atom is -0.481 e. The molecule has 0 aliphatic rings. The Balaban J connectivity index is 3.65. The van der Waals surface area contributed by atoms with Crippen molar-refractivity contribution in [2.24, 2.45) is 0 Å². The second-order valence-electron chi connectivity index (χ2n) is 5.46. The number of urea groups is 1. The van der Waals surface area contributed by atoms with E-state index >= 15 is 0 Å². The Bertz CT molecular complexity index is 285. The summed E-state index contributed by atoms with van der Waals surface area (Å²) in [5, 5.41) is 14.0. The highest BCUT2D eigenvalue weighted by Crippen LogP contribution is 2.03. The van der Waals surface area contributed by atoms with Gasteiger partial charge in [0.25, 0.3) is 0 Å². The lowest BCUT2D eigenvalue weighted by molar-refractivity contribution is -0.137. The van der Waals surface area contributed by atoms with Crippen LogP contribution >= 0.6 is 0 Å². The summed E-state index contributed by atoms with van der Waals surface area (Å²) in [5.41, 5.74) is 0. The standard InChI is InChI=1S/C14H29N3O3/c1-11(2)17(12(3)4)10-9-16-14(20)15-8-6-5-7-13(18)19/h11-12H,5-10H2,1-4H3,(H,18,19)(H2,15,16,20). The Labute approximate surface area is 121 Å². The lowest BCUT2D eigenvalue weighted by atomic mass is 10.2. The van der Waals surface area contributed by atoms with Crippen molar-refractivity contribution in [3.63, 3.8) is 0 Å². The number of amides is 2. The predicted octanol–water partition coefficient (Wildman–Crippen LogP) is 1.66. The highest BCUT2D eigenvalue weighted by Gasteiger charge is 2.12. The molecule has 0 saturated carbocycles. The number of aliphatic carboxylic acids is 1. The predicted molar refractivity (Wildman–Crippen MR) is 79.9 cm³/mol. The molecule has 2 amide bonds. The van der Waals surface area contributed by atoms with E-state index < -0.39 is 5.97 Å². The van der Waals surface area contributed by atoms with Gasteiger partial charge in [-0.2, -0.15) is 0 Å². The minimum atomic E-state index is -0.795. The number of nitrogens with zero attached hydrogens (tertiary/aromatic N) is 1. The molecule has 3 N–H and O–H groups in total. The number of nitrogens with one attached hydrogen (secondary N) is 2. The van der Waals surface area contributed by atoms with Gasteiger partial charge in [-0.25, -0.2) is 4.79 Å². The van der Waals surface area contributed by atoms with Crippen LogP contribution in [0.4, 0.5) is 4.79 Å². The Morgan fingerprint density at radius 2 is 1.55 bits per heavy atom. The first-order valence-electron chi connectivity index (χ1n) is 7.33. The minimum absolute atomic E-state index is 0.154. The molecule has 0 spiro atoms. The SMILES string of the molecule is CC(C)N(CCNC(=O)NCCCCC(=O)O)C(C)C. The van der Waals surface area contributed by atoms with Crippen LogP contribution in [0.2, 0.25) is 0 Å². The Morgan fingerprint density at radius 1 is 1.00 bits per heavy atom. The molecule has 0 bridgehead atoms. The van der Waals surface area contributed by atoms with Crippen molar-refractivity contribution in [2.75, 3.05) is 19.6 Å². The summed E-state index contributed by atoms with van der Waals surface area (Å²) in [7, 11) is 0. The van der Waals surface area contributed by atoms with Gasteiger partial charge in [0.15, 0.2) is 0 Å². The molecular formula is C14H29N3O3. The molecule has 0 fully saturated rings. The van der Waals surface area contributed by atoms with Gasteiger partial charge < -0.3 is 15.7 Å². The molecule has 0 unspecified atom stereocenters. The molecule has 0 saturated heterocycles. The van der Waals surface area contributed by atoms with Crippen LogP contribution in [0.15, 0.2) is 0 Å². The molecule has 20 heavy (non-hydrogen) atoms. The van der Waals surface area contributed by atoms with Gasteiger partial charge in [0.05, 0.1) is 0 Å². The van der Waals surface area contributed by atoms with Gasteiger partial charge in [-0.15, -0.1) is 0 Å². The maximum Gasteiger partial charge on any atom is 0.314 e. The van der Waals surface area contributed by atoms with E-state index in [9.17, 15) is 9.59 Å². The molecule has 0 aromatic rings. The summed E-state index contributed by atoms with van der Waals surface area (Å²) in [6, 6.07) is 0.722. The van der Waals surface area contributed by atoms with Crippen molar-refractivity contribution >= 4 is 12.0 Å². The normalized spacial score (nSPS) is 11.2. The second-order valence-corrected chi connectivity index (χ2v) is 5.46. The number of hydrogen-bond acceptors (Lipinski definition) is 3. The third-order valence-corrected chi connectivity index (χ3v) is 3.09. The third kappa shape index (κ3) is 9.61. The van der Waals surface area contributed by atoms with Gasteiger partial charge in [0.1, 0.15) is 0 Å². The summed E-state index contributed by atoms with van der Waals surface area (Å²) in [5.74, 6) is -0.795. The average molecular weight is 287 g/mol. The average Bonchev–Trinajstić information content (AvgIpc) is 2.32. The summed E-state index contributed by atoms with van der Waals surface area (Å²) >= 11 is 0. The van der Waals surface area contributed by atoms with E-state index in [0.29, 0.717) is 38.0 Å². The van der Waals surface area contributed by atoms with Crippen LogP contribution in [0.3, 0.4) is 0 Å². The topological polar surface area (TPSA) is 81.7 Å². The quantitative estimate of drug-likeness (QED) is 0.534. The number of hydrogen-bond donors (Lipinski definition) is 3. The molecule has 0 aromatic carbocycles. The fraction of sp³-hybridized carbons (Fsp3) is 0.857. The molecular weight excluding hydrogens is 258 g/mol. The fourth-order valence-corrected chi connectivity index (χ4v) is 2.08. The van der Waals surface area contributed by atoms with E-state index in [1.54, 1.807) is 0 Å². The molecule has 6 nitrogen and oxygen atoms in total. The van der Waals surface area contributed by atoms with Crippen molar-refractivity contribution in [3.8, 4) is 0 Å². The van der Waals surface area contributed by atoms with Crippen LogP contribution in [0, 0.1) is 0 Å². The maximum atomic E-state index is 11.5. The van der Waals surface area contributed by atoms with Crippen molar-refractivity contribution in [1.29, 1.82) is 0 Å². The highest BCUT2D eigenvalue weighted by atomic mass is 16.4. The number of carboxylic acids is 1. The van der Waals surface area contributed by atoms with Crippen molar-refractivity contribution < 1.29 is 14.7 Å². The molecule has 118 valence electrons. The molecule has 6 heteroatoms. The Morgan fingerprint density at radius 3 is 2.05 bits per heavy atom. The fourth-order valence-electron chi connectivity index (χ4n) is 2.08. The Kier molecular flexibility index (Phi) is 9.80. The van der Waals surface area contributed by atoms with E-state index in [2.05, 4.69) is 43.2 Å².